The number of esters is 1. The molecule has 3 N–H and O–H groups in total. The zero-order valence-corrected chi connectivity index (χ0v) is 27.8. The molecule has 10 nitrogen and oxygen atoms in total. The van der Waals surface area contributed by atoms with Gasteiger partial charge in [-0.1, -0.05) is 59.7 Å². The molecule has 2 aromatic carbocycles. The Morgan fingerprint density at radius 3 is 1.93 bits per heavy atom. The van der Waals surface area contributed by atoms with E-state index in [1.807, 2.05) is 62.4 Å². The van der Waals surface area contributed by atoms with Crippen molar-refractivity contribution < 1.29 is 33.8 Å². The van der Waals surface area contributed by atoms with Crippen LogP contribution in [0.1, 0.15) is 89.1 Å². The van der Waals surface area contributed by atoms with Gasteiger partial charge in [0.2, 0.25) is 11.8 Å². The number of carbonyl (C=O) groups excluding carboxylic acids is 4. The van der Waals surface area contributed by atoms with Crippen LogP contribution in [0.25, 0.3) is 0 Å². The SMILES string of the molecule is Cc1cc(C)cc(C(C(=O)NC(Cc2ccccc2)C(=O)OC(C)(C)C)N(C(=O)C(CO)NC(=O)OC(C)(C)C)C2CCC2)c1. The van der Waals surface area contributed by atoms with Gasteiger partial charge in [0.1, 0.15) is 29.3 Å². The smallest absolute Gasteiger partial charge is 0.408 e. The lowest BCUT2D eigenvalue weighted by Gasteiger charge is -2.43. The number of hydrogen-bond donors (Lipinski definition) is 3. The molecule has 1 fully saturated rings. The highest BCUT2D eigenvalue weighted by Crippen LogP contribution is 2.34. The Kier molecular flexibility index (Phi) is 11.8. The normalized spacial score (nSPS) is 15.6. The van der Waals surface area contributed by atoms with Gasteiger partial charge in [-0.3, -0.25) is 9.59 Å². The highest BCUT2D eigenvalue weighted by atomic mass is 16.6. The van der Waals surface area contributed by atoms with Crippen molar-refractivity contribution in [2.75, 3.05) is 6.61 Å². The molecule has 0 radical (unpaired) electrons. The summed E-state index contributed by atoms with van der Waals surface area (Å²) in [7, 11) is 0. The van der Waals surface area contributed by atoms with E-state index in [2.05, 4.69) is 10.6 Å². The second kappa shape index (κ2) is 14.9. The summed E-state index contributed by atoms with van der Waals surface area (Å²) >= 11 is 0. The number of nitrogens with zero attached hydrogens (tertiary/aromatic N) is 1. The molecule has 3 amide bonds. The first-order valence-electron chi connectivity index (χ1n) is 15.6. The summed E-state index contributed by atoms with van der Waals surface area (Å²) in [5.41, 5.74) is 1.55. The minimum Gasteiger partial charge on any atom is -0.458 e. The maximum atomic E-state index is 14.5. The summed E-state index contributed by atoms with van der Waals surface area (Å²) in [5, 5.41) is 15.6. The van der Waals surface area contributed by atoms with Gasteiger partial charge in [-0.25, -0.2) is 9.59 Å². The largest absolute Gasteiger partial charge is 0.458 e. The number of ether oxygens (including phenoxy) is 2. The van der Waals surface area contributed by atoms with Gasteiger partial charge >= 0.3 is 12.1 Å². The van der Waals surface area contributed by atoms with E-state index in [1.165, 1.54) is 4.90 Å². The van der Waals surface area contributed by atoms with Gasteiger partial charge in [-0.05, 0) is 85.8 Å². The number of aryl methyl sites for hydroxylation is 2. The molecule has 3 unspecified atom stereocenters. The first-order valence-corrected chi connectivity index (χ1v) is 15.6. The van der Waals surface area contributed by atoms with Crippen molar-refractivity contribution in [1.82, 2.24) is 15.5 Å². The van der Waals surface area contributed by atoms with Crippen LogP contribution >= 0.6 is 0 Å². The van der Waals surface area contributed by atoms with Gasteiger partial charge in [0, 0.05) is 12.5 Å². The Hall–Kier alpha value is -3.92. The molecule has 246 valence electrons. The maximum absolute atomic E-state index is 14.5. The van der Waals surface area contributed by atoms with E-state index in [-0.39, 0.29) is 12.5 Å². The van der Waals surface area contributed by atoms with Crippen LogP contribution in [0.15, 0.2) is 48.5 Å². The Morgan fingerprint density at radius 2 is 1.44 bits per heavy atom. The lowest BCUT2D eigenvalue weighted by molar-refractivity contribution is -0.159. The molecule has 1 aliphatic carbocycles. The lowest BCUT2D eigenvalue weighted by atomic mass is 9.87. The van der Waals surface area contributed by atoms with Crippen LogP contribution in [0.3, 0.4) is 0 Å². The molecule has 0 aliphatic heterocycles. The summed E-state index contributed by atoms with van der Waals surface area (Å²) < 4.78 is 11.0. The van der Waals surface area contributed by atoms with Gasteiger partial charge in [-0.2, -0.15) is 0 Å². The first kappa shape index (κ1) is 35.6. The van der Waals surface area contributed by atoms with Crippen molar-refractivity contribution in [1.29, 1.82) is 0 Å². The molecule has 1 aliphatic rings. The zero-order valence-electron chi connectivity index (χ0n) is 27.8. The Bertz CT molecular complexity index is 1320. The van der Waals surface area contributed by atoms with Crippen molar-refractivity contribution in [2.45, 2.75) is 116 Å². The molecule has 2 aromatic rings. The Balaban J connectivity index is 2.06. The van der Waals surface area contributed by atoms with Crippen molar-refractivity contribution in [3.63, 3.8) is 0 Å². The highest BCUT2D eigenvalue weighted by Gasteiger charge is 2.43. The number of alkyl carbamates (subject to hydrolysis) is 1. The topological polar surface area (TPSA) is 134 Å². The fourth-order valence-electron chi connectivity index (χ4n) is 5.27. The molecule has 0 bridgehead atoms. The third kappa shape index (κ3) is 10.6. The van der Waals surface area contributed by atoms with Crippen molar-refractivity contribution >= 4 is 23.9 Å². The van der Waals surface area contributed by atoms with Crippen LogP contribution in [0.4, 0.5) is 4.79 Å². The first-order chi connectivity index (χ1) is 21.0. The number of benzene rings is 2. The predicted molar refractivity (Wildman–Crippen MR) is 171 cm³/mol. The molecule has 0 spiro atoms. The summed E-state index contributed by atoms with van der Waals surface area (Å²) in [6.45, 7) is 13.5. The van der Waals surface area contributed by atoms with E-state index < -0.39 is 59.8 Å². The average molecular weight is 624 g/mol. The number of nitrogens with one attached hydrogen (secondary N) is 2. The molecule has 45 heavy (non-hydrogen) atoms. The van der Waals surface area contributed by atoms with E-state index in [4.69, 9.17) is 9.47 Å². The summed E-state index contributed by atoms with van der Waals surface area (Å²) in [6, 6.07) is 11.1. The van der Waals surface area contributed by atoms with Gasteiger partial charge in [0.25, 0.3) is 0 Å². The second-order valence-electron chi connectivity index (χ2n) is 13.8. The van der Waals surface area contributed by atoms with Crippen LogP contribution in [0, 0.1) is 13.8 Å². The monoisotopic (exact) mass is 623 g/mol. The quantitative estimate of drug-likeness (QED) is 0.310. The number of carbonyl (C=O) groups is 4. The molecule has 3 atom stereocenters. The van der Waals surface area contributed by atoms with Crippen molar-refractivity contribution in [3.8, 4) is 0 Å². The predicted octanol–water partition coefficient (Wildman–Crippen LogP) is 4.68. The average Bonchev–Trinajstić information content (AvgIpc) is 2.87. The van der Waals surface area contributed by atoms with Crippen LogP contribution in [-0.2, 0) is 30.3 Å². The molecular formula is C35H49N3O7. The second-order valence-corrected chi connectivity index (χ2v) is 13.8. The van der Waals surface area contributed by atoms with Gasteiger partial charge in [-0.15, -0.1) is 0 Å². The van der Waals surface area contributed by atoms with Gasteiger partial charge in [0.05, 0.1) is 6.61 Å². The van der Waals surface area contributed by atoms with E-state index >= 15 is 0 Å². The molecule has 0 aromatic heterocycles. The Labute approximate surface area is 266 Å². The van der Waals surface area contributed by atoms with Crippen LogP contribution < -0.4 is 10.6 Å². The molecule has 0 heterocycles. The van der Waals surface area contributed by atoms with Gasteiger partial charge < -0.3 is 30.1 Å². The van der Waals surface area contributed by atoms with Gasteiger partial charge in [0.15, 0.2) is 0 Å². The fourth-order valence-corrected chi connectivity index (χ4v) is 5.27. The van der Waals surface area contributed by atoms with Crippen LogP contribution in [-0.4, -0.2) is 69.8 Å². The summed E-state index contributed by atoms with van der Waals surface area (Å²) in [6.07, 6.45) is 1.46. The third-order valence-corrected chi connectivity index (χ3v) is 7.27. The molecule has 3 rings (SSSR count). The van der Waals surface area contributed by atoms with E-state index in [1.54, 1.807) is 41.5 Å². The Morgan fingerprint density at radius 1 is 0.867 bits per heavy atom. The minimum atomic E-state index is -1.35. The third-order valence-electron chi connectivity index (χ3n) is 7.27. The fraction of sp³-hybridized carbons (Fsp3) is 0.543. The highest BCUT2D eigenvalue weighted by molar-refractivity contribution is 5.94. The van der Waals surface area contributed by atoms with Crippen molar-refractivity contribution in [2.24, 2.45) is 0 Å². The summed E-state index contributed by atoms with van der Waals surface area (Å²) in [5.74, 6) is -1.79. The number of amides is 3. The molecular weight excluding hydrogens is 574 g/mol. The van der Waals surface area contributed by atoms with Crippen LogP contribution in [0.5, 0.6) is 0 Å². The summed E-state index contributed by atoms with van der Waals surface area (Å²) in [4.78, 5) is 56.2. The number of aliphatic hydroxyl groups excluding tert-OH is 1. The number of rotatable bonds is 11. The standard InChI is InChI=1S/C35H49N3O7/c1-22-17-23(2)19-25(18-22)29(30(40)36-27(32(42)44-34(3,4)5)20-24-13-10-9-11-14-24)38(26-15-12-16-26)31(41)28(21-39)37-33(43)45-35(6,7)8/h9-11,13-14,17-19,26-29,39H,12,15-16,20-21H2,1-8H3,(H,36,40)(H,37,43). The zero-order chi connectivity index (χ0) is 33.5. The van der Waals surface area contributed by atoms with Crippen molar-refractivity contribution in [3.05, 3.63) is 70.8 Å². The van der Waals surface area contributed by atoms with E-state index in [0.29, 0.717) is 18.4 Å². The van der Waals surface area contributed by atoms with Crippen LogP contribution in [0.2, 0.25) is 0 Å². The van der Waals surface area contributed by atoms with E-state index in [9.17, 15) is 24.3 Å². The molecule has 0 saturated heterocycles. The number of aliphatic hydroxyl groups is 1. The lowest BCUT2D eigenvalue weighted by Crippen LogP contribution is -2.59. The number of hydrogen-bond acceptors (Lipinski definition) is 7. The van der Waals surface area contributed by atoms with E-state index in [0.717, 1.165) is 23.1 Å². The molecule has 10 heteroatoms. The molecule has 1 saturated carbocycles. The minimum absolute atomic E-state index is 0.178. The maximum Gasteiger partial charge on any atom is 0.408 e.